The Bertz CT molecular complexity index is 183. The van der Waals surface area contributed by atoms with Gasteiger partial charge in [0.15, 0.2) is 0 Å². The number of nitrogens with one attached hydrogen (secondary N) is 1. The fraction of sp³-hybridized carbons (Fsp3) is 0.857. The second-order valence-electron chi connectivity index (χ2n) is 2.97. The van der Waals surface area contributed by atoms with E-state index >= 15 is 0 Å². The van der Waals surface area contributed by atoms with E-state index in [0.29, 0.717) is 5.84 Å². The van der Waals surface area contributed by atoms with Gasteiger partial charge in [-0.25, -0.2) is 5.01 Å². The Labute approximate surface area is 66.2 Å². The fourth-order valence-electron chi connectivity index (χ4n) is 1.70. The molecule has 0 aromatic carbocycles. The molecule has 0 saturated carbocycles. The highest BCUT2D eigenvalue weighted by Gasteiger charge is 2.33. The quantitative estimate of drug-likeness (QED) is 0.545. The van der Waals surface area contributed by atoms with E-state index in [-0.39, 0.29) is 6.23 Å². The van der Waals surface area contributed by atoms with Gasteiger partial charge in [-0.3, -0.25) is 10.4 Å². The van der Waals surface area contributed by atoms with Crippen LogP contribution in [0.1, 0.15) is 13.3 Å². The molecule has 1 unspecified atom stereocenters. The molecule has 11 heavy (non-hydrogen) atoms. The van der Waals surface area contributed by atoms with Crippen LogP contribution in [0.15, 0.2) is 0 Å². The normalized spacial score (nSPS) is 32.6. The lowest BCUT2D eigenvalue weighted by atomic mass is 10.4. The first-order valence-electron chi connectivity index (χ1n) is 4.02. The number of fused-ring (bicyclic) bond motifs is 1. The Morgan fingerprint density at radius 3 is 3.09 bits per heavy atom. The first-order chi connectivity index (χ1) is 5.29. The molecule has 62 valence electrons. The Balaban J connectivity index is 2.14. The first kappa shape index (κ1) is 7.06. The van der Waals surface area contributed by atoms with Gasteiger partial charge in [-0.15, -0.1) is 0 Å². The molecule has 4 heteroatoms. The summed E-state index contributed by atoms with van der Waals surface area (Å²) in [5.74, 6) is 0.692. The van der Waals surface area contributed by atoms with Crippen molar-refractivity contribution >= 4 is 5.84 Å². The molecule has 0 bridgehead atoms. The van der Waals surface area contributed by atoms with Crippen molar-refractivity contribution in [2.24, 2.45) is 0 Å². The van der Waals surface area contributed by atoms with Crippen LogP contribution in [0.2, 0.25) is 0 Å². The van der Waals surface area contributed by atoms with Crippen LogP contribution in [0, 0.1) is 5.41 Å². The van der Waals surface area contributed by atoms with Crippen molar-refractivity contribution in [2.75, 3.05) is 19.7 Å². The third kappa shape index (κ3) is 1.02. The number of hydrogen-bond donors (Lipinski definition) is 1. The van der Waals surface area contributed by atoms with Crippen LogP contribution in [0.3, 0.4) is 0 Å². The monoisotopic (exact) mass is 155 g/mol. The average molecular weight is 155 g/mol. The molecule has 0 aromatic heterocycles. The van der Waals surface area contributed by atoms with E-state index in [2.05, 4.69) is 5.01 Å². The van der Waals surface area contributed by atoms with Crippen LogP contribution in [-0.4, -0.2) is 41.8 Å². The van der Waals surface area contributed by atoms with Gasteiger partial charge >= 0.3 is 0 Å². The van der Waals surface area contributed by atoms with E-state index in [1.807, 2.05) is 11.9 Å². The maximum atomic E-state index is 7.61. The van der Waals surface area contributed by atoms with Gasteiger partial charge in [-0.2, -0.15) is 0 Å². The van der Waals surface area contributed by atoms with Crippen LogP contribution >= 0.6 is 0 Å². The molecule has 2 aliphatic heterocycles. The van der Waals surface area contributed by atoms with E-state index in [1.54, 1.807) is 0 Å². The number of amidine groups is 1. The number of nitrogens with zero attached hydrogens (tertiary/aromatic N) is 2. The molecule has 1 atom stereocenters. The molecule has 1 N–H and O–H groups in total. The van der Waals surface area contributed by atoms with Gasteiger partial charge in [0.1, 0.15) is 12.1 Å². The summed E-state index contributed by atoms with van der Waals surface area (Å²) in [5.41, 5.74) is 0. The number of hydrazine groups is 1. The molecular weight excluding hydrogens is 142 g/mol. The SMILES string of the molecule is CC1OCCN2CCC(=N)N12. The lowest BCUT2D eigenvalue weighted by Crippen LogP contribution is -2.51. The molecule has 4 nitrogen and oxygen atoms in total. The van der Waals surface area contributed by atoms with E-state index in [9.17, 15) is 0 Å². The molecule has 2 rings (SSSR count). The summed E-state index contributed by atoms with van der Waals surface area (Å²) < 4.78 is 5.41. The predicted molar refractivity (Wildman–Crippen MR) is 41.2 cm³/mol. The predicted octanol–water partition coefficient (Wildman–Crippen LogP) is 0.263. The average Bonchev–Trinajstić information content (AvgIpc) is 2.34. The van der Waals surface area contributed by atoms with Crippen molar-refractivity contribution < 1.29 is 4.74 Å². The van der Waals surface area contributed by atoms with Gasteiger partial charge in [0, 0.05) is 19.5 Å². The first-order valence-corrected chi connectivity index (χ1v) is 4.02. The molecule has 0 radical (unpaired) electrons. The zero-order valence-corrected chi connectivity index (χ0v) is 6.71. The van der Waals surface area contributed by atoms with E-state index in [0.717, 1.165) is 26.1 Å². The van der Waals surface area contributed by atoms with Crippen LogP contribution in [0.25, 0.3) is 0 Å². The van der Waals surface area contributed by atoms with Crippen molar-refractivity contribution in [1.82, 2.24) is 10.0 Å². The standard InChI is InChI=1S/C7H13N3O/c1-6-10-7(8)2-3-9(10)4-5-11-6/h6,8H,2-5H2,1H3. The van der Waals surface area contributed by atoms with Gasteiger partial charge < -0.3 is 4.74 Å². The van der Waals surface area contributed by atoms with E-state index < -0.39 is 0 Å². The Morgan fingerprint density at radius 1 is 1.55 bits per heavy atom. The minimum absolute atomic E-state index is 0.0683. The second kappa shape index (κ2) is 2.46. The zero-order valence-electron chi connectivity index (χ0n) is 6.71. The van der Waals surface area contributed by atoms with Gasteiger partial charge in [-0.05, 0) is 6.92 Å². The maximum Gasteiger partial charge on any atom is 0.143 e. The highest BCUT2D eigenvalue weighted by atomic mass is 16.5. The maximum absolute atomic E-state index is 7.61. The molecule has 0 aromatic rings. The molecule has 2 saturated heterocycles. The molecule has 2 aliphatic rings. The highest BCUT2D eigenvalue weighted by Crippen LogP contribution is 2.19. The molecule has 0 amide bonds. The molecule has 2 heterocycles. The van der Waals surface area contributed by atoms with Crippen LogP contribution < -0.4 is 0 Å². The third-order valence-corrected chi connectivity index (χ3v) is 2.24. The molecule has 0 aliphatic carbocycles. The van der Waals surface area contributed by atoms with Crippen LogP contribution in [0.5, 0.6) is 0 Å². The third-order valence-electron chi connectivity index (χ3n) is 2.24. The lowest BCUT2D eigenvalue weighted by Gasteiger charge is -2.38. The van der Waals surface area contributed by atoms with E-state index in [1.165, 1.54) is 0 Å². The van der Waals surface area contributed by atoms with E-state index in [4.69, 9.17) is 10.1 Å². The van der Waals surface area contributed by atoms with Gasteiger partial charge in [0.05, 0.1) is 6.61 Å². The Morgan fingerprint density at radius 2 is 2.36 bits per heavy atom. The van der Waals surface area contributed by atoms with Crippen molar-refractivity contribution in [1.29, 1.82) is 5.41 Å². The van der Waals surface area contributed by atoms with Crippen LogP contribution in [0.4, 0.5) is 0 Å². The van der Waals surface area contributed by atoms with Crippen LogP contribution in [-0.2, 0) is 4.74 Å². The lowest BCUT2D eigenvalue weighted by molar-refractivity contribution is -0.152. The molecular formula is C7H13N3O. The second-order valence-corrected chi connectivity index (χ2v) is 2.97. The zero-order chi connectivity index (χ0) is 7.84. The number of hydrogen-bond acceptors (Lipinski definition) is 3. The molecule has 2 fully saturated rings. The van der Waals surface area contributed by atoms with Gasteiger partial charge in [0.25, 0.3) is 0 Å². The Hall–Kier alpha value is -0.610. The minimum Gasteiger partial charge on any atom is -0.356 e. The summed E-state index contributed by atoms with van der Waals surface area (Å²) >= 11 is 0. The van der Waals surface area contributed by atoms with Crippen molar-refractivity contribution in [3.05, 3.63) is 0 Å². The summed E-state index contributed by atoms with van der Waals surface area (Å²) in [6, 6.07) is 0. The van der Waals surface area contributed by atoms with Gasteiger partial charge in [-0.1, -0.05) is 0 Å². The van der Waals surface area contributed by atoms with Crippen molar-refractivity contribution in [2.45, 2.75) is 19.6 Å². The summed E-state index contributed by atoms with van der Waals surface area (Å²) in [6.45, 7) is 4.72. The van der Waals surface area contributed by atoms with Crippen molar-refractivity contribution in [3.63, 3.8) is 0 Å². The molecule has 0 spiro atoms. The summed E-state index contributed by atoms with van der Waals surface area (Å²) in [7, 11) is 0. The number of rotatable bonds is 0. The van der Waals surface area contributed by atoms with Crippen molar-refractivity contribution in [3.8, 4) is 0 Å². The fourth-order valence-corrected chi connectivity index (χ4v) is 1.70. The largest absolute Gasteiger partial charge is 0.356 e. The highest BCUT2D eigenvalue weighted by molar-refractivity contribution is 5.80. The topological polar surface area (TPSA) is 39.6 Å². The minimum atomic E-state index is 0.0683. The summed E-state index contributed by atoms with van der Waals surface area (Å²) in [6.07, 6.45) is 0.937. The van der Waals surface area contributed by atoms with Gasteiger partial charge in [0.2, 0.25) is 0 Å². The Kier molecular flexibility index (Phi) is 1.58. The smallest absolute Gasteiger partial charge is 0.143 e. The summed E-state index contributed by atoms with van der Waals surface area (Å²) in [5, 5.41) is 11.7. The summed E-state index contributed by atoms with van der Waals surface area (Å²) in [4.78, 5) is 0. The number of ether oxygens (including phenoxy) is 1.